The van der Waals surface area contributed by atoms with Crippen LogP contribution in [0.25, 0.3) is 0 Å². The third-order valence-electron chi connectivity index (χ3n) is 3.61. The molecule has 0 saturated carbocycles. The smallest absolute Gasteiger partial charge is 0.376 e. The van der Waals surface area contributed by atoms with Gasteiger partial charge >= 0.3 is 6.18 Å². The maximum absolute atomic E-state index is 12.9. The van der Waals surface area contributed by atoms with E-state index in [4.69, 9.17) is 0 Å². The van der Waals surface area contributed by atoms with Gasteiger partial charge < -0.3 is 10.6 Å². The van der Waals surface area contributed by atoms with Crippen molar-refractivity contribution in [3.05, 3.63) is 58.7 Å². The van der Waals surface area contributed by atoms with Crippen molar-refractivity contribution in [1.29, 1.82) is 0 Å². The molecule has 0 spiro atoms. The summed E-state index contributed by atoms with van der Waals surface area (Å²) in [6.45, 7) is 5.69. The van der Waals surface area contributed by atoms with Crippen molar-refractivity contribution in [2.45, 2.75) is 26.9 Å². The van der Waals surface area contributed by atoms with E-state index in [1.165, 1.54) is 18.2 Å². The van der Waals surface area contributed by atoms with Gasteiger partial charge in [-0.15, -0.1) is 0 Å². The molecule has 1 amide bonds. The summed E-state index contributed by atoms with van der Waals surface area (Å²) < 4.78 is 38.8. The van der Waals surface area contributed by atoms with Crippen molar-refractivity contribution in [2.24, 2.45) is 0 Å². The summed E-state index contributed by atoms with van der Waals surface area (Å²) in [5, 5.41) is 5.31. The summed E-state index contributed by atoms with van der Waals surface area (Å²) in [7, 11) is 0. The van der Waals surface area contributed by atoms with Gasteiger partial charge in [0.25, 0.3) is 0 Å². The highest BCUT2D eigenvalue weighted by atomic mass is 19.4. The second-order valence-corrected chi connectivity index (χ2v) is 5.72. The second-order valence-electron chi connectivity index (χ2n) is 5.72. The zero-order valence-corrected chi connectivity index (χ0v) is 13.7. The van der Waals surface area contributed by atoms with E-state index in [1.54, 1.807) is 0 Å². The van der Waals surface area contributed by atoms with Gasteiger partial charge in [0.05, 0.1) is 17.8 Å². The molecular formula is C18H19F3N2O. The number of aryl methyl sites for hydroxylation is 3. The summed E-state index contributed by atoms with van der Waals surface area (Å²) in [5.41, 5.74) is 2.79. The minimum Gasteiger partial charge on any atom is -0.376 e. The van der Waals surface area contributed by atoms with E-state index in [-0.39, 0.29) is 12.2 Å². The first kappa shape index (κ1) is 17.8. The third-order valence-corrected chi connectivity index (χ3v) is 3.61. The van der Waals surface area contributed by atoms with E-state index in [2.05, 4.69) is 10.6 Å². The van der Waals surface area contributed by atoms with Crippen molar-refractivity contribution >= 4 is 17.3 Å². The Bertz CT molecular complexity index is 731. The molecule has 2 aromatic carbocycles. The standard InChI is InChI=1S/C18H19F3N2O/c1-11-8-12(2)17(13(3)9-11)22-10-16(24)23-15-7-5-4-6-14(15)18(19,20)21/h4-9,22H,10H2,1-3H3,(H,23,24). The summed E-state index contributed by atoms with van der Waals surface area (Å²) >= 11 is 0. The van der Waals surface area contributed by atoms with Crippen LogP contribution in [0.1, 0.15) is 22.3 Å². The number of para-hydroxylation sites is 1. The van der Waals surface area contributed by atoms with Crippen molar-refractivity contribution in [2.75, 3.05) is 17.2 Å². The number of carbonyl (C=O) groups is 1. The van der Waals surface area contributed by atoms with E-state index in [0.717, 1.165) is 28.4 Å². The number of hydrogen-bond donors (Lipinski definition) is 2. The quantitative estimate of drug-likeness (QED) is 0.851. The predicted octanol–water partition coefficient (Wildman–Crippen LogP) is 4.68. The first-order chi connectivity index (χ1) is 11.2. The number of alkyl halides is 3. The molecule has 128 valence electrons. The van der Waals surface area contributed by atoms with E-state index >= 15 is 0 Å². The molecule has 0 radical (unpaired) electrons. The number of benzene rings is 2. The highest BCUT2D eigenvalue weighted by molar-refractivity contribution is 5.94. The highest BCUT2D eigenvalue weighted by Gasteiger charge is 2.33. The number of anilines is 2. The Kier molecular flexibility index (Phi) is 5.17. The molecule has 6 heteroatoms. The Morgan fingerprint density at radius 1 is 1.04 bits per heavy atom. The molecule has 0 saturated heterocycles. The maximum Gasteiger partial charge on any atom is 0.418 e. The van der Waals surface area contributed by atoms with Crippen LogP contribution in [0.4, 0.5) is 24.5 Å². The highest BCUT2D eigenvalue weighted by Crippen LogP contribution is 2.34. The summed E-state index contributed by atoms with van der Waals surface area (Å²) in [6.07, 6.45) is -4.51. The molecule has 0 aliphatic heterocycles. The molecule has 0 bridgehead atoms. The molecule has 0 heterocycles. The van der Waals surface area contributed by atoms with Crippen LogP contribution >= 0.6 is 0 Å². The third kappa shape index (κ3) is 4.28. The lowest BCUT2D eigenvalue weighted by Crippen LogP contribution is -2.24. The zero-order valence-electron chi connectivity index (χ0n) is 13.7. The molecule has 0 aliphatic rings. The lowest BCUT2D eigenvalue weighted by atomic mass is 10.1. The Morgan fingerprint density at radius 2 is 1.62 bits per heavy atom. The molecule has 2 N–H and O–H groups in total. The first-order valence-corrected chi connectivity index (χ1v) is 7.46. The Morgan fingerprint density at radius 3 is 2.21 bits per heavy atom. The van der Waals surface area contributed by atoms with Gasteiger partial charge in [-0.05, 0) is 44.0 Å². The fourth-order valence-corrected chi connectivity index (χ4v) is 2.66. The minimum absolute atomic E-state index is 0.114. The van der Waals surface area contributed by atoms with Crippen LogP contribution in [0.5, 0.6) is 0 Å². The van der Waals surface area contributed by atoms with E-state index in [9.17, 15) is 18.0 Å². The molecule has 0 atom stereocenters. The lowest BCUT2D eigenvalue weighted by Gasteiger charge is -2.16. The Labute approximate surface area is 138 Å². The van der Waals surface area contributed by atoms with Crippen LogP contribution in [0, 0.1) is 20.8 Å². The van der Waals surface area contributed by atoms with Gasteiger partial charge in [-0.2, -0.15) is 13.2 Å². The van der Waals surface area contributed by atoms with Gasteiger partial charge in [-0.25, -0.2) is 0 Å². The maximum atomic E-state index is 12.9. The molecule has 0 fully saturated rings. The van der Waals surface area contributed by atoms with Gasteiger partial charge in [-0.3, -0.25) is 4.79 Å². The lowest BCUT2D eigenvalue weighted by molar-refractivity contribution is -0.137. The zero-order chi connectivity index (χ0) is 17.9. The minimum atomic E-state index is -4.51. The summed E-state index contributed by atoms with van der Waals surface area (Å²) in [5.74, 6) is -0.536. The van der Waals surface area contributed by atoms with Gasteiger partial charge in [0.1, 0.15) is 0 Å². The van der Waals surface area contributed by atoms with Gasteiger partial charge in [0.15, 0.2) is 0 Å². The van der Waals surface area contributed by atoms with Crippen LogP contribution in [0.15, 0.2) is 36.4 Å². The molecule has 0 unspecified atom stereocenters. The van der Waals surface area contributed by atoms with Crippen LogP contribution in [0.3, 0.4) is 0 Å². The number of amides is 1. The summed E-state index contributed by atoms with van der Waals surface area (Å²) in [4.78, 5) is 12.0. The van der Waals surface area contributed by atoms with E-state index < -0.39 is 17.6 Å². The SMILES string of the molecule is Cc1cc(C)c(NCC(=O)Nc2ccccc2C(F)(F)F)c(C)c1. The second kappa shape index (κ2) is 6.95. The number of nitrogens with one attached hydrogen (secondary N) is 2. The van der Waals surface area contributed by atoms with E-state index in [0.29, 0.717) is 0 Å². The number of carbonyl (C=O) groups excluding carboxylic acids is 1. The van der Waals surface area contributed by atoms with Crippen LogP contribution < -0.4 is 10.6 Å². The van der Waals surface area contributed by atoms with E-state index in [1.807, 2.05) is 32.9 Å². The van der Waals surface area contributed by atoms with Gasteiger partial charge in [-0.1, -0.05) is 29.8 Å². The molecule has 0 aromatic heterocycles. The first-order valence-electron chi connectivity index (χ1n) is 7.46. The monoisotopic (exact) mass is 336 g/mol. The number of hydrogen-bond acceptors (Lipinski definition) is 2. The van der Waals surface area contributed by atoms with Crippen molar-refractivity contribution in [3.8, 4) is 0 Å². The van der Waals surface area contributed by atoms with Crippen LogP contribution in [0.2, 0.25) is 0 Å². The Balaban J connectivity index is 2.08. The molecule has 2 aromatic rings. The van der Waals surface area contributed by atoms with Crippen molar-refractivity contribution < 1.29 is 18.0 Å². The largest absolute Gasteiger partial charge is 0.418 e. The number of halogens is 3. The fraction of sp³-hybridized carbons (Fsp3) is 0.278. The van der Waals surface area contributed by atoms with Crippen molar-refractivity contribution in [3.63, 3.8) is 0 Å². The molecule has 24 heavy (non-hydrogen) atoms. The van der Waals surface area contributed by atoms with Crippen LogP contribution in [-0.2, 0) is 11.0 Å². The normalized spacial score (nSPS) is 11.2. The molecule has 2 rings (SSSR count). The molecule has 0 aliphatic carbocycles. The predicted molar refractivity (Wildman–Crippen MR) is 89.2 cm³/mol. The molecular weight excluding hydrogens is 317 g/mol. The average molecular weight is 336 g/mol. The van der Waals surface area contributed by atoms with Gasteiger partial charge in [0.2, 0.25) is 5.91 Å². The topological polar surface area (TPSA) is 41.1 Å². The van der Waals surface area contributed by atoms with Crippen LogP contribution in [-0.4, -0.2) is 12.5 Å². The summed E-state index contributed by atoms with van der Waals surface area (Å²) in [6, 6.07) is 8.88. The van der Waals surface area contributed by atoms with Crippen molar-refractivity contribution in [1.82, 2.24) is 0 Å². The number of rotatable bonds is 4. The molecule has 3 nitrogen and oxygen atoms in total. The Hall–Kier alpha value is -2.50. The average Bonchev–Trinajstić information content (AvgIpc) is 2.45. The van der Waals surface area contributed by atoms with Gasteiger partial charge in [0, 0.05) is 5.69 Å². The fourth-order valence-electron chi connectivity index (χ4n) is 2.66.